The molecule has 5 N–H and O–H groups in total. The van der Waals surface area contributed by atoms with Crippen molar-refractivity contribution in [1.82, 2.24) is 9.97 Å². The van der Waals surface area contributed by atoms with Crippen LogP contribution in [0.3, 0.4) is 0 Å². The van der Waals surface area contributed by atoms with Gasteiger partial charge in [0, 0.05) is 39.8 Å². The van der Waals surface area contributed by atoms with Gasteiger partial charge >= 0.3 is 5.97 Å². The first-order chi connectivity index (χ1) is 17.3. The summed E-state index contributed by atoms with van der Waals surface area (Å²) in [7, 11) is 0. The molecule has 0 spiro atoms. The summed E-state index contributed by atoms with van der Waals surface area (Å²) in [6.07, 6.45) is 5.32. The van der Waals surface area contributed by atoms with Gasteiger partial charge in [0.25, 0.3) is 0 Å². The smallest absolute Gasteiger partial charge is 0.372 e. The third-order valence-electron chi connectivity index (χ3n) is 6.16. The van der Waals surface area contributed by atoms with Crippen LogP contribution in [0, 0.1) is 5.82 Å². The molecule has 8 nitrogen and oxygen atoms in total. The van der Waals surface area contributed by atoms with Crippen molar-refractivity contribution in [2.24, 2.45) is 0 Å². The Morgan fingerprint density at radius 3 is 2.64 bits per heavy atom. The Bertz CT molecular complexity index is 1690. The maximum absolute atomic E-state index is 13.6. The van der Waals surface area contributed by atoms with Crippen molar-refractivity contribution in [2.75, 3.05) is 6.61 Å². The minimum Gasteiger partial charge on any atom is -0.504 e. The minimum atomic E-state index is -1.47. The molecule has 9 heteroatoms. The van der Waals surface area contributed by atoms with Crippen LogP contribution >= 0.6 is 0 Å². The molecule has 0 unspecified atom stereocenters. The number of aromatic amines is 2. The molecule has 0 radical (unpaired) electrons. The Morgan fingerprint density at radius 1 is 1.08 bits per heavy atom. The average molecular weight is 488 g/mol. The molecule has 0 aliphatic carbocycles. The zero-order chi connectivity index (χ0) is 25.6. The van der Waals surface area contributed by atoms with E-state index >= 15 is 0 Å². The number of rotatable bonds is 7. The molecule has 2 aromatic carbocycles. The molecule has 0 amide bonds. The molecule has 0 atom stereocenters. The Balaban J connectivity index is 1.62. The second kappa shape index (κ2) is 8.86. The number of H-pyrrole nitrogens is 2. The summed E-state index contributed by atoms with van der Waals surface area (Å²) in [5.74, 6) is -4.38. The number of halogens is 1. The number of carboxylic acid groups (broad SMARTS) is 1. The number of aromatic nitrogens is 2. The number of ketones is 1. The van der Waals surface area contributed by atoms with Gasteiger partial charge in [0.05, 0.1) is 17.7 Å². The molecule has 3 aromatic heterocycles. The summed E-state index contributed by atoms with van der Waals surface area (Å²) in [5, 5.41) is 31.0. The lowest BCUT2D eigenvalue weighted by atomic mass is 10.0. The standard InChI is InChI=1S/C27H21FN2O6/c1-13(12-31)5-6-14-3-2-4-17-19(11-30-22(14)17)23(32)26-24(33)21(25(36-26)27(34)35)18-10-29-20-9-15(28)7-8-16(18)20/h2-5,7-11,29-31,33H,6,12H2,1H3,(H,34,35). The number of para-hydroxylation sites is 1. The molecule has 0 saturated heterocycles. The molecule has 36 heavy (non-hydrogen) atoms. The van der Waals surface area contributed by atoms with E-state index < -0.39 is 34.8 Å². The van der Waals surface area contributed by atoms with Gasteiger partial charge in [-0.3, -0.25) is 4.79 Å². The third-order valence-corrected chi connectivity index (χ3v) is 6.16. The van der Waals surface area contributed by atoms with E-state index in [-0.39, 0.29) is 23.3 Å². The fraction of sp³-hybridized carbons (Fsp3) is 0.111. The second-order valence-corrected chi connectivity index (χ2v) is 8.47. The van der Waals surface area contributed by atoms with Crippen LogP contribution < -0.4 is 0 Å². The molecule has 0 aliphatic rings. The summed E-state index contributed by atoms with van der Waals surface area (Å²) in [4.78, 5) is 31.4. The molecule has 0 bridgehead atoms. The number of fused-ring (bicyclic) bond motifs is 2. The van der Waals surface area contributed by atoms with Crippen LogP contribution in [0.15, 0.2) is 64.9 Å². The summed E-state index contributed by atoms with van der Waals surface area (Å²) in [6, 6.07) is 9.31. The molecule has 5 aromatic rings. The van der Waals surface area contributed by atoms with Crippen LogP contribution in [0.4, 0.5) is 4.39 Å². The van der Waals surface area contributed by atoms with Crippen LogP contribution in [0.2, 0.25) is 0 Å². The van der Waals surface area contributed by atoms with Crippen molar-refractivity contribution in [3.8, 4) is 16.9 Å². The number of benzene rings is 2. The molecule has 0 saturated carbocycles. The first-order valence-electron chi connectivity index (χ1n) is 11.1. The van der Waals surface area contributed by atoms with Gasteiger partial charge < -0.3 is 29.7 Å². The molecule has 3 heterocycles. The van der Waals surface area contributed by atoms with Crippen molar-refractivity contribution >= 4 is 33.6 Å². The number of carboxylic acids is 1. The first kappa shape index (κ1) is 23.1. The fourth-order valence-corrected chi connectivity index (χ4v) is 4.33. The zero-order valence-corrected chi connectivity index (χ0v) is 19.1. The van der Waals surface area contributed by atoms with Crippen molar-refractivity contribution in [1.29, 1.82) is 0 Å². The number of nitrogens with one attached hydrogen (secondary N) is 2. The number of carbonyl (C=O) groups is 2. The lowest BCUT2D eigenvalue weighted by Crippen LogP contribution is -1.99. The highest BCUT2D eigenvalue weighted by Crippen LogP contribution is 2.42. The highest BCUT2D eigenvalue weighted by atomic mass is 19.1. The minimum absolute atomic E-state index is 0.0537. The van der Waals surface area contributed by atoms with Gasteiger partial charge in [-0.15, -0.1) is 0 Å². The molecular weight excluding hydrogens is 467 g/mol. The molecule has 0 aliphatic heterocycles. The maximum Gasteiger partial charge on any atom is 0.372 e. The number of aliphatic hydroxyl groups is 1. The van der Waals surface area contributed by atoms with E-state index in [0.717, 1.165) is 11.1 Å². The topological polar surface area (TPSA) is 140 Å². The zero-order valence-electron chi connectivity index (χ0n) is 19.1. The first-order valence-corrected chi connectivity index (χ1v) is 11.1. The summed E-state index contributed by atoms with van der Waals surface area (Å²) in [6.45, 7) is 1.76. The van der Waals surface area contributed by atoms with Crippen LogP contribution in [0.1, 0.15) is 39.2 Å². The number of hydrogen-bond acceptors (Lipinski definition) is 5. The van der Waals surface area contributed by atoms with E-state index in [1.54, 1.807) is 12.1 Å². The van der Waals surface area contributed by atoms with E-state index in [4.69, 9.17) is 4.42 Å². The SMILES string of the molecule is CC(=CCc1cccc2c(C(=O)c3oc(C(=O)O)c(-c4c[nH]c5cc(F)ccc45)c3O)c[nH]c12)CO. The fourth-order valence-electron chi connectivity index (χ4n) is 4.33. The van der Waals surface area contributed by atoms with Gasteiger partial charge in [-0.05, 0) is 37.1 Å². The number of hydrogen-bond donors (Lipinski definition) is 5. The Morgan fingerprint density at radius 2 is 1.89 bits per heavy atom. The maximum atomic E-state index is 13.6. The average Bonchev–Trinajstić information content (AvgIpc) is 3.56. The van der Waals surface area contributed by atoms with Gasteiger partial charge in [0.15, 0.2) is 5.75 Å². The highest BCUT2D eigenvalue weighted by Gasteiger charge is 2.32. The van der Waals surface area contributed by atoms with E-state index in [2.05, 4.69) is 9.97 Å². The summed E-state index contributed by atoms with van der Waals surface area (Å²) >= 11 is 0. The van der Waals surface area contributed by atoms with Gasteiger partial charge in [-0.2, -0.15) is 0 Å². The Hall–Kier alpha value is -4.63. The summed E-state index contributed by atoms with van der Waals surface area (Å²) in [5.41, 5.74) is 3.08. The highest BCUT2D eigenvalue weighted by molar-refractivity contribution is 6.18. The Labute approximate surface area is 203 Å². The predicted molar refractivity (Wildman–Crippen MR) is 131 cm³/mol. The second-order valence-electron chi connectivity index (χ2n) is 8.47. The number of furan rings is 1. The number of aromatic carboxylic acids is 1. The van der Waals surface area contributed by atoms with Gasteiger partial charge in [0.1, 0.15) is 5.82 Å². The van der Waals surface area contributed by atoms with E-state index in [1.165, 1.54) is 30.6 Å². The third kappa shape index (κ3) is 3.75. The van der Waals surface area contributed by atoms with Crippen molar-refractivity contribution in [2.45, 2.75) is 13.3 Å². The van der Waals surface area contributed by atoms with Crippen LogP contribution in [-0.2, 0) is 6.42 Å². The van der Waals surface area contributed by atoms with Crippen LogP contribution in [0.5, 0.6) is 5.75 Å². The molecule has 5 rings (SSSR count). The van der Waals surface area contributed by atoms with Gasteiger partial charge in [-0.1, -0.05) is 29.8 Å². The van der Waals surface area contributed by atoms with Gasteiger partial charge in [0.2, 0.25) is 17.3 Å². The van der Waals surface area contributed by atoms with E-state index in [0.29, 0.717) is 28.2 Å². The molecule has 182 valence electrons. The van der Waals surface area contributed by atoms with Crippen molar-refractivity contribution in [3.63, 3.8) is 0 Å². The lowest BCUT2D eigenvalue weighted by molar-refractivity contribution is 0.0661. The molecular formula is C27H21FN2O6. The van der Waals surface area contributed by atoms with Crippen LogP contribution in [-0.4, -0.2) is 43.6 Å². The number of allylic oxidation sites excluding steroid dienone is 1. The number of aliphatic hydroxyl groups excluding tert-OH is 1. The van der Waals surface area contributed by atoms with E-state index in [1.807, 2.05) is 19.1 Å². The number of aromatic hydroxyl groups is 1. The largest absolute Gasteiger partial charge is 0.504 e. The predicted octanol–water partition coefficient (Wildman–Crippen LogP) is 5.16. The van der Waals surface area contributed by atoms with Crippen molar-refractivity contribution in [3.05, 3.63) is 88.9 Å². The number of carbonyl (C=O) groups excluding carboxylic acids is 1. The van der Waals surface area contributed by atoms with Crippen molar-refractivity contribution < 1.29 is 33.7 Å². The van der Waals surface area contributed by atoms with Gasteiger partial charge in [-0.25, -0.2) is 9.18 Å². The lowest BCUT2D eigenvalue weighted by Gasteiger charge is -2.02. The molecule has 0 fully saturated rings. The normalized spacial score (nSPS) is 12.0. The summed E-state index contributed by atoms with van der Waals surface area (Å²) < 4.78 is 19.0. The van der Waals surface area contributed by atoms with Crippen LogP contribution in [0.25, 0.3) is 32.9 Å². The quantitative estimate of drug-likeness (QED) is 0.158. The monoisotopic (exact) mass is 488 g/mol. The Kier molecular flexibility index (Phi) is 5.69. The van der Waals surface area contributed by atoms with E-state index in [9.17, 15) is 29.3 Å².